The number of halogens is 5. The van der Waals surface area contributed by atoms with E-state index in [1.54, 1.807) is 35.1 Å². The molecule has 12 heteroatoms. The van der Waals surface area contributed by atoms with Crippen molar-refractivity contribution in [2.45, 2.75) is 12.8 Å². The van der Waals surface area contributed by atoms with Crippen LogP contribution in [0.15, 0.2) is 72.9 Å². The number of hydrogen-bond donors (Lipinski definition) is 2. The molecule has 0 bridgehead atoms. The molecule has 1 heterocycles. The largest absolute Gasteiger partial charge is 0.487 e. The maximum Gasteiger partial charge on any atom is 0.417 e. The second-order valence-corrected chi connectivity index (χ2v) is 8.87. The lowest BCUT2D eigenvalue weighted by molar-refractivity contribution is -0.137. The molecular weight excluding hydrogens is 598 g/mol. The summed E-state index contributed by atoms with van der Waals surface area (Å²) in [6.07, 6.45) is -2.89. The Kier molecular flexibility index (Phi) is 7.45. The molecule has 0 spiro atoms. The zero-order valence-corrected chi connectivity index (χ0v) is 20.6. The van der Waals surface area contributed by atoms with Crippen molar-refractivity contribution in [1.82, 2.24) is 15.0 Å². The van der Waals surface area contributed by atoms with Gasteiger partial charge >= 0.3 is 12.2 Å². The molecular formula is C23H16ClF3IN5O2. The number of aromatic nitrogens is 3. The molecule has 35 heavy (non-hydrogen) atoms. The van der Waals surface area contributed by atoms with E-state index in [1.807, 2.05) is 24.3 Å². The molecule has 4 aromatic rings. The lowest BCUT2D eigenvalue weighted by Gasteiger charge is -2.13. The van der Waals surface area contributed by atoms with E-state index < -0.39 is 22.8 Å². The highest BCUT2D eigenvalue weighted by molar-refractivity contribution is 14.1. The van der Waals surface area contributed by atoms with Crippen LogP contribution in [0.25, 0.3) is 5.69 Å². The van der Waals surface area contributed by atoms with Gasteiger partial charge in [-0.15, -0.1) is 5.10 Å². The first-order chi connectivity index (χ1) is 16.7. The molecule has 0 aliphatic carbocycles. The number of benzene rings is 3. The zero-order chi connectivity index (χ0) is 25.0. The van der Waals surface area contributed by atoms with Gasteiger partial charge in [-0.1, -0.05) is 22.9 Å². The third-order valence-corrected chi connectivity index (χ3v) is 5.69. The highest BCUT2D eigenvalue weighted by Gasteiger charge is 2.33. The Hall–Kier alpha value is -3.32. The highest BCUT2D eigenvalue weighted by atomic mass is 127. The minimum atomic E-state index is -4.64. The fraction of sp³-hybridized carbons (Fsp3) is 0.0870. The van der Waals surface area contributed by atoms with E-state index in [9.17, 15) is 18.0 Å². The fourth-order valence-electron chi connectivity index (χ4n) is 3.02. The number of anilines is 2. The first-order valence-corrected chi connectivity index (χ1v) is 11.5. The normalized spacial score (nSPS) is 11.2. The van der Waals surface area contributed by atoms with Crippen LogP contribution in [0.5, 0.6) is 5.75 Å². The number of ether oxygens (including phenoxy) is 1. The molecule has 1 aromatic heterocycles. The molecule has 0 saturated carbocycles. The van der Waals surface area contributed by atoms with Gasteiger partial charge in [0.25, 0.3) is 0 Å². The number of nitrogens with one attached hydrogen (secondary N) is 2. The fourth-order valence-corrected chi connectivity index (χ4v) is 3.60. The summed E-state index contributed by atoms with van der Waals surface area (Å²) in [5, 5.41) is 12.6. The number of carbonyl (C=O) groups excluding carboxylic acids is 1. The molecule has 7 nitrogen and oxygen atoms in total. The second kappa shape index (κ2) is 10.5. The van der Waals surface area contributed by atoms with Crippen LogP contribution in [0.2, 0.25) is 5.02 Å². The Balaban J connectivity index is 1.35. The Bertz CT molecular complexity index is 1350. The average Bonchev–Trinajstić information content (AvgIpc) is 3.28. The third kappa shape index (κ3) is 6.63. The standard InChI is InChI=1S/C23H16ClF3IN5O2/c24-21-9-6-16(11-20(21)23(25,26)27)30-22(34)29-15-2-1-3-19(10-15)35-13-17-12-33(32-31-17)18-7-4-14(28)5-8-18/h1-12H,13H2,(H2,29,30,34). The van der Waals surface area contributed by atoms with Gasteiger partial charge in [0, 0.05) is 21.0 Å². The summed E-state index contributed by atoms with van der Waals surface area (Å²) in [5.41, 5.74) is 0.758. The average molecular weight is 614 g/mol. The first-order valence-electron chi connectivity index (χ1n) is 10.0. The molecule has 0 fully saturated rings. The predicted molar refractivity (Wildman–Crippen MR) is 134 cm³/mol. The number of nitrogens with zero attached hydrogens (tertiary/aromatic N) is 3. The van der Waals surface area contributed by atoms with Gasteiger partial charge in [0.05, 0.1) is 22.5 Å². The summed E-state index contributed by atoms with van der Waals surface area (Å²) in [5.74, 6) is 0.456. The van der Waals surface area contributed by atoms with Gasteiger partial charge in [0.15, 0.2) is 0 Å². The van der Waals surface area contributed by atoms with Crippen LogP contribution in [0.1, 0.15) is 11.3 Å². The van der Waals surface area contributed by atoms with E-state index in [2.05, 4.69) is 43.5 Å². The zero-order valence-electron chi connectivity index (χ0n) is 17.7. The van der Waals surface area contributed by atoms with E-state index in [0.717, 1.165) is 21.4 Å². The minimum Gasteiger partial charge on any atom is -0.487 e. The summed E-state index contributed by atoms with van der Waals surface area (Å²) in [6.45, 7) is 0.144. The first kappa shape index (κ1) is 24.8. The van der Waals surface area contributed by atoms with Gasteiger partial charge in [-0.3, -0.25) is 0 Å². The van der Waals surface area contributed by atoms with Gasteiger partial charge in [-0.25, -0.2) is 9.48 Å². The Morgan fingerprint density at radius 3 is 2.46 bits per heavy atom. The smallest absolute Gasteiger partial charge is 0.417 e. The van der Waals surface area contributed by atoms with Crippen molar-refractivity contribution in [3.63, 3.8) is 0 Å². The molecule has 0 aliphatic rings. The minimum absolute atomic E-state index is 0.0529. The van der Waals surface area contributed by atoms with Crippen molar-refractivity contribution in [1.29, 1.82) is 0 Å². The van der Waals surface area contributed by atoms with Crippen LogP contribution >= 0.6 is 34.2 Å². The maximum atomic E-state index is 13.0. The van der Waals surface area contributed by atoms with Crippen LogP contribution < -0.4 is 15.4 Å². The summed E-state index contributed by atoms with van der Waals surface area (Å²) in [6, 6.07) is 16.7. The summed E-state index contributed by atoms with van der Waals surface area (Å²) in [4.78, 5) is 12.3. The topological polar surface area (TPSA) is 81.1 Å². The number of carbonyl (C=O) groups is 1. The summed E-state index contributed by atoms with van der Waals surface area (Å²) >= 11 is 7.82. The van der Waals surface area contributed by atoms with Gasteiger partial charge < -0.3 is 15.4 Å². The molecule has 0 unspecified atom stereocenters. The Morgan fingerprint density at radius 1 is 1.03 bits per heavy atom. The number of hydrogen-bond acceptors (Lipinski definition) is 4. The van der Waals surface area contributed by atoms with E-state index in [4.69, 9.17) is 16.3 Å². The van der Waals surface area contributed by atoms with Gasteiger partial charge in [0.2, 0.25) is 0 Å². The second-order valence-electron chi connectivity index (χ2n) is 7.22. The SMILES string of the molecule is O=C(Nc1cccc(OCc2cn(-c3ccc(I)cc3)nn2)c1)Nc1ccc(Cl)c(C(F)(F)F)c1. The molecule has 180 valence electrons. The lowest BCUT2D eigenvalue weighted by Crippen LogP contribution is -2.20. The number of amides is 2. The quantitative estimate of drug-likeness (QED) is 0.235. The number of rotatable bonds is 6. The lowest BCUT2D eigenvalue weighted by atomic mass is 10.2. The van der Waals surface area contributed by atoms with Gasteiger partial charge in [-0.05, 0) is 77.2 Å². The van der Waals surface area contributed by atoms with Crippen molar-refractivity contribution < 1.29 is 22.7 Å². The van der Waals surface area contributed by atoms with E-state index in [-0.39, 0.29) is 12.3 Å². The van der Waals surface area contributed by atoms with E-state index in [0.29, 0.717) is 17.1 Å². The monoisotopic (exact) mass is 613 g/mol. The number of urea groups is 1. The molecule has 4 rings (SSSR count). The van der Waals surface area contributed by atoms with Crippen molar-refractivity contribution >= 4 is 51.6 Å². The van der Waals surface area contributed by atoms with E-state index >= 15 is 0 Å². The molecule has 2 amide bonds. The van der Waals surface area contributed by atoms with Gasteiger partial charge in [-0.2, -0.15) is 13.2 Å². The summed E-state index contributed by atoms with van der Waals surface area (Å²) < 4.78 is 47.5. The molecule has 0 aliphatic heterocycles. The van der Waals surface area contributed by atoms with Crippen molar-refractivity contribution in [2.75, 3.05) is 10.6 Å². The predicted octanol–water partition coefficient (Wildman–Crippen LogP) is 6.77. The van der Waals surface area contributed by atoms with Crippen molar-refractivity contribution in [3.05, 3.63) is 92.8 Å². The molecule has 0 radical (unpaired) electrons. The van der Waals surface area contributed by atoms with Crippen LogP contribution in [0.3, 0.4) is 0 Å². The van der Waals surface area contributed by atoms with Crippen LogP contribution in [-0.4, -0.2) is 21.0 Å². The van der Waals surface area contributed by atoms with Crippen LogP contribution in [-0.2, 0) is 12.8 Å². The van der Waals surface area contributed by atoms with Gasteiger partial charge in [0.1, 0.15) is 18.1 Å². The molecule has 0 atom stereocenters. The third-order valence-electron chi connectivity index (χ3n) is 4.64. The Labute approximate surface area is 216 Å². The highest BCUT2D eigenvalue weighted by Crippen LogP contribution is 2.36. The molecule has 0 saturated heterocycles. The van der Waals surface area contributed by atoms with Crippen LogP contribution in [0, 0.1) is 3.57 Å². The molecule has 2 N–H and O–H groups in total. The molecule has 3 aromatic carbocycles. The number of alkyl halides is 3. The van der Waals surface area contributed by atoms with Crippen LogP contribution in [0.4, 0.5) is 29.3 Å². The summed E-state index contributed by atoms with van der Waals surface area (Å²) in [7, 11) is 0. The van der Waals surface area contributed by atoms with Crippen molar-refractivity contribution in [2.24, 2.45) is 0 Å². The van der Waals surface area contributed by atoms with Crippen molar-refractivity contribution in [3.8, 4) is 11.4 Å². The van der Waals surface area contributed by atoms with E-state index in [1.165, 1.54) is 6.07 Å². The maximum absolute atomic E-state index is 13.0. The Morgan fingerprint density at radius 2 is 1.74 bits per heavy atom.